The van der Waals surface area contributed by atoms with Crippen LogP contribution in [0.5, 0.6) is 11.5 Å². The summed E-state index contributed by atoms with van der Waals surface area (Å²) in [7, 11) is 1.50. The fraction of sp³-hybridized carbons (Fsp3) is 0.538. The van der Waals surface area contributed by atoms with Gasteiger partial charge >= 0.3 is 0 Å². The van der Waals surface area contributed by atoms with Crippen molar-refractivity contribution in [2.45, 2.75) is 38.4 Å². The normalized spacial score (nSPS) is 14.4. The molecule has 2 atom stereocenters. The number of rotatable bonds is 6. The van der Waals surface area contributed by atoms with Gasteiger partial charge in [0.2, 0.25) is 0 Å². The van der Waals surface area contributed by atoms with Crippen LogP contribution < -0.4 is 4.74 Å². The minimum atomic E-state index is -0.505. The van der Waals surface area contributed by atoms with Gasteiger partial charge in [-0.05, 0) is 43.9 Å². The van der Waals surface area contributed by atoms with E-state index in [9.17, 15) is 10.2 Å². The number of aryl methyl sites for hydroxylation is 1. The molecule has 0 saturated carbocycles. The van der Waals surface area contributed by atoms with Crippen LogP contribution in [0.25, 0.3) is 0 Å². The summed E-state index contributed by atoms with van der Waals surface area (Å²) in [5, 5.41) is 28.2. The number of benzene rings is 1. The van der Waals surface area contributed by atoms with Crippen LogP contribution in [0.3, 0.4) is 0 Å². The fourth-order valence-corrected chi connectivity index (χ4v) is 1.72. The van der Waals surface area contributed by atoms with Crippen molar-refractivity contribution in [3.05, 3.63) is 23.8 Å². The molecule has 0 radical (unpaired) electrons. The predicted molar refractivity (Wildman–Crippen MR) is 65.3 cm³/mol. The molecule has 1 rings (SSSR count). The highest BCUT2D eigenvalue weighted by Gasteiger charge is 2.09. The molecule has 4 nitrogen and oxygen atoms in total. The molecule has 0 unspecified atom stereocenters. The third-order valence-electron chi connectivity index (χ3n) is 2.62. The first kappa shape index (κ1) is 13.8. The number of aliphatic hydroxyl groups excluding tert-OH is 2. The topological polar surface area (TPSA) is 69.9 Å². The molecule has 0 spiro atoms. The van der Waals surface area contributed by atoms with Crippen LogP contribution in [-0.4, -0.2) is 34.6 Å². The number of ether oxygens (including phenoxy) is 1. The molecular weight excluding hydrogens is 220 g/mol. The molecule has 3 N–H and O–H groups in total. The van der Waals surface area contributed by atoms with Crippen LogP contribution in [0, 0.1) is 0 Å². The molecule has 0 aromatic heterocycles. The van der Waals surface area contributed by atoms with Gasteiger partial charge in [0, 0.05) is 0 Å². The molecule has 0 saturated heterocycles. The number of aromatic hydroxyl groups is 1. The Bertz CT molecular complexity index is 349. The molecule has 0 bridgehead atoms. The molecule has 0 aliphatic rings. The maximum absolute atomic E-state index is 9.62. The molecule has 0 aliphatic carbocycles. The largest absolute Gasteiger partial charge is 0.504 e. The Morgan fingerprint density at radius 2 is 2.00 bits per heavy atom. The van der Waals surface area contributed by atoms with E-state index < -0.39 is 12.2 Å². The summed E-state index contributed by atoms with van der Waals surface area (Å²) in [6.07, 6.45) is 0.660. The van der Waals surface area contributed by atoms with Crippen LogP contribution in [0.4, 0.5) is 0 Å². The van der Waals surface area contributed by atoms with Crippen LogP contribution in [0.1, 0.15) is 25.3 Å². The van der Waals surface area contributed by atoms with Crippen molar-refractivity contribution in [1.82, 2.24) is 0 Å². The SMILES string of the molecule is COc1cc(CC[C@H](O)C[C@H](C)O)ccc1O. The van der Waals surface area contributed by atoms with E-state index in [0.717, 1.165) is 5.56 Å². The summed E-state index contributed by atoms with van der Waals surface area (Å²) in [5.41, 5.74) is 0.990. The summed E-state index contributed by atoms with van der Waals surface area (Å²) < 4.78 is 5.00. The van der Waals surface area contributed by atoms with Gasteiger partial charge in [-0.2, -0.15) is 0 Å². The van der Waals surface area contributed by atoms with E-state index in [2.05, 4.69) is 0 Å². The standard InChI is InChI=1S/C13H20O4/c1-9(14)7-11(15)5-3-10-4-6-12(16)13(8-10)17-2/h4,6,8-9,11,14-16H,3,5,7H2,1-2H3/t9-,11-/m0/s1. The molecule has 0 amide bonds. The number of phenolic OH excluding ortho intramolecular Hbond substituents is 1. The summed E-state index contributed by atoms with van der Waals surface area (Å²) in [6, 6.07) is 5.13. The number of methoxy groups -OCH3 is 1. The van der Waals surface area contributed by atoms with Gasteiger partial charge in [-0.1, -0.05) is 6.07 Å². The molecule has 17 heavy (non-hydrogen) atoms. The fourth-order valence-electron chi connectivity index (χ4n) is 1.72. The third-order valence-corrected chi connectivity index (χ3v) is 2.62. The van der Waals surface area contributed by atoms with Gasteiger partial charge in [0.05, 0.1) is 19.3 Å². The molecule has 0 fully saturated rings. The van der Waals surface area contributed by atoms with Crippen LogP contribution in [-0.2, 0) is 6.42 Å². The number of hydrogen-bond acceptors (Lipinski definition) is 4. The van der Waals surface area contributed by atoms with E-state index in [1.54, 1.807) is 25.1 Å². The van der Waals surface area contributed by atoms with Crippen molar-refractivity contribution in [3.8, 4) is 11.5 Å². The highest BCUT2D eigenvalue weighted by Crippen LogP contribution is 2.26. The van der Waals surface area contributed by atoms with Crippen molar-refractivity contribution >= 4 is 0 Å². The van der Waals surface area contributed by atoms with E-state index in [4.69, 9.17) is 9.84 Å². The van der Waals surface area contributed by atoms with E-state index in [1.165, 1.54) is 7.11 Å². The summed E-state index contributed by atoms with van der Waals surface area (Å²) in [4.78, 5) is 0. The van der Waals surface area contributed by atoms with Gasteiger partial charge in [-0.25, -0.2) is 0 Å². The zero-order valence-corrected chi connectivity index (χ0v) is 10.3. The molecule has 4 heteroatoms. The Labute approximate surface area is 101 Å². The Balaban J connectivity index is 2.52. The zero-order chi connectivity index (χ0) is 12.8. The van der Waals surface area contributed by atoms with Crippen molar-refractivity contribution < 1.29 is 20.1 Å². The lowest BCUT2D eigenvalue weighted by Gasteiger charge is -2.12. The van der Waals surface area contributed by atoms with Gasteiger partial charge in [0.1, 0.15) is 0 Å². The first-order valence-electron chi connectivity index (χ1n) is 5.75. The number of hydrogen-bond donors (Lipinski definition) is 3. The van der Waals surface area contributed by atoms with Crippen molar-refractivity contribution in [3.63, 3.8) is 0 Å². The Morgan fingerprint density at radius 1 is 1.29 bits per heavy atom. The Morgan fingerprint density at radius 3 is 2.59 bits per heavy atom. The second kappa shape index (κ2) is 6.47. The number of phenols is 1. The average molecular weight is 240 g/mol. The lowest BCUT2D eigenvalue weighted by atomic mass is 10.0. The highest BCUT2D eigenvalue weighted by molar-refractivity contribution is 5.41. The van der Waals surface area contributed by atoms with E-state index >= 15 is 0 Å². The first-order valence-corrected chi connectivity index (χ1v) is 5.75. The van der Waals surface area contributed by atoms with Gasteiger partial charge in [0.15, 0.2) is 11.5 Å². The Hall–Kier alpha value is -1.26. The number of aliphatic hydroxyl groups is 2. The zero-order valence-electron chi connectivity index (χ0n) is 10.3. The molecule has 0 aliphatic heterocycles. The molecule has 1 aromatic rings. The van der Waals surface area contributed by atoms with E-state index in [-0.39, 0.29) is 5.75 Å². The van der Waals surface area contributed by atoms with Crippen LogP contribution in [0.2, 0.25) is 0 Å². The van der Waals surface area contributed by atoms with Crippen LogP contribution in [0.15, 0.2) is 18.2 Å². The third kappa shape index (κ3) is 4.63. The van der Waals surface area contributed by atoms with Gasteiger partial charge in [0.25, 0.3) is 0 Å². The first-order chi connectivity index (χ1) is 8.02. The Kier molecular flexibility index (Phi) is 5.25. The summed E-state index contributed by atoms with van der Waals surface area (Å²) in [5.74, 6) is 0.549. The maximum Gasteiger partial charge on any atom is 0.160 e. The lowest BCUT2D eigenvalue weighted by molar-refractivity contribution is 0.0854. The van der Waals surface area contributed by atoms with Gasteiger partial charge < -0.3 is 20.1 Å². The van der Waals surface area contributed by atoms with E-state index in [0.29, 0.717) is 25.0 Å². The van der Waals surface area contributed by atoms with Gasteiger partial charge in [-0.15, -0.1) is 0 Å². The molecular formula is C13H20O4. The summed E-state index contributed by atoms with van der Waals surface area (Å²) in [6.45, 7) is 1.66. The average Bonchev–Trinajstić information content (AvgIpc) is 2.27. The molecule has 1 aromatic carbocycles. The minimum Gasteiger partial charge on any atom is -0.504 e. The predicted octanol–water partition coefficient (Wildman–Crippen LogP) is 1.47. The molecule has 96 valence electrons. The smallest absolute Gasteiger partial charge is 0.160 e. The quantitative estimate of drug-likeness (QED) is 0.704. The monoisotopic (exact) mass is 240 g/mol. The van der Waals surface area contributed by atoms with E-state index in [1.807, 2.05) is 0 Å². The highest BCUT2D eigenvalue weighted by atomic mass is 16.5. The van der Waals surface area contributed by atoms with Crippen molar-refractivity contribution in [2.24, 2.45) is 0 Å². The van der Waals surface area contributed by atoms with Crippen molar-refractivity contribution in [1.29, 1.82) is 0 Å². The maximum atomic E-state index is 9.62. The minimum absolute atomic E-state index is 0.112. The second-order valence-corrected chi connectivity index (χ2v) is 4.28. The van der Waals surface area contributed by atoms with Crippen molar-refractivity contribution in [2.75, 3.05) is 7.11 Å². The second-order valence-electron chi connectivity index (χ2n) is 4.28. The van der Waals surface area contributed by atoms with Crippen LogP contribution >= 0.6 is 0 Å². The summed E-state index contributed by atoms with van der Waals surface area (Å²) >= 11 is 0. The molecule has 0 heterocycles. The lowest BCUT2D eigenvalue weighted by Crippen LogP contribution is -2.15. The van der Waals surface area contributed by atoms with Gasteiger partial charge in [-0.3, -0.25) is 0 Å².